The molecule has 158 valence electrons. The van der Waals surface area contributed by atoms with Crippen molar-refractivity contribution in [2.75, 3.05) is 11.9 Å². The van der Waals surface area contributed by atoms with Gasteiger partial charge in [-0.25, -0.2) is 4.98 Å². The SMILES string of the molecule is CCOc1ccc(C(=O)Nc2cccc(-c3nc4cc(C)c(C)cc4o3)c2C)cc1Cl. The molecule has 0 atom stereocenters. The van der Waals surface area contributed by atoms with Gasteiger partial charge < -0.3 is 14.5 Å². The van der Waals surface area contributed by atoms with Crippen molar-refractivity contribution in [3.05, 3.63) is 75.8 Å². The average Bonchev–Trinajstić information content (AvgIpc) is 3.13. The molecule has 1 heterocycles. The largest absolute Gasteiger partial charge is 0.492 e. The number of aryl methyl sites for hydroxylation is 2. The minimum absolute atomic E-state index is 0.256. The molecule has 0 fully saturated rings. The summed E-state index contributed by atoms with van der Waals surface area (Å²) < 4.78 is 11.4. The van der Waals surface area contributed by atoms with Crippen LogP contribution in [0.1, 0.15) is 34.0 Å². The molecule has 1 aromatic heterocycles. The third-order valence-corrected chi connectivity index (χ3v) is 5.61. The van der Waals surface area contributed by atoms with Gasteiger partial charge in [0.2, 0.25) is 5.89 Å². The number of hydrogen-bond donors (Lipinski definition) is 1. The van der Waals surface area contributed by atoms with E-state index >= 15 is 0 Å². The summed E-state index contributed by atoms with van der Waals surface area (Å²) in [5.74, 6) is 0.826. The first kappa shape index (κ1) is 20.9. The van der Waals surface area contributed by atoms with Gasteiger partial charge in [0.25, 0.3) is 5.91 Å². The minimum Gasteiger partial charge on any atom is -0.492 e. The van der Waals surface area contributed by atoms with Crippen LogP contribution in [0, 0.1) is 20.8 Å². The number of carbonyl (C=O) groups is 1. The number of ether oxygens (including phenoxy) is 1. The van der Waals surface area contributed by atoms with Crippen LogP contribution >= 0.6 is 11.6 Å². The molecule has 5 nitrogen and oxygen atoms in total. The molecule has 0 saturated carbocycles. The lowest BCUT2D eigenvalue weighted by atomic mass is 10.1. The van der Waals surface area contributed by atoms with Gasteiger partial charge >= 0.3 is 0 Å². The van der Waals surface area contributed by atoms with Gasteiger partial charge in [0.05, 0.1) is 11.6 Å². The Morgan fingerprint density at radius 1 is 1.10 bits per heavy atom. The number of carbonyl (C=O) groups excluding carboxylic acids is 1. The van der Waals surface area contributed by atoms with Crippen LogP contribution in [-0.4, -0.2) is 17.5 Å². The lowest BCUT2D eigenvalue weighted by Crippen LogP contribution is -2.13. The van der Waals surface area contributed by atoms with Crippen LogP contribution in [0.5, 0.6) is 5.75 Å². The maximum Gasteiger partial charge on any atom is 0.255 e. The number of hydrogen-bond acceptors (Lipinski definition) is 4. The van der Waals surface area contributed by atoms with Crippen molar-refractivity contribution in [2.45, 2.75) is 27.7 Å². The van der Waals surface area contributed by atoms with E-state index in [1.54, 1.807) is 18.2 Å². The monoisotopic (exact) mass is 434 g/mol. The summed E-state index contributed by atoms with van der Waals surface area (Å²) >= 11 is 6.23. The zero-order chi connectivity index (χ0) is 22.1. The number of nitrogens with zero attached hydrogens (tertiary/aromatic N) is 1. The van der Waals surface area contributed by atoms with Gasteiger partial charge in [0.15, 0.2) is 5.58 Å². The van der Waals surface area contributed by atoms with Gasteiger partial charge in [-0.1, -0.05) is 17.7 Å². The van der Waals surface area contributed by atoms with Gasteiger partial charge in [-0.05, 0) is 86.8 Å². The van der Waals surface area contributed by atoms with E-state index in [0.29, 0.717) is 34.5 Å². The molecule has 0 spiro atoms. The molecular formula is C25H23ClN2O3. The Bertz CT molecular complexity index is 1250. The van der Waals surface area contributed by atoms with Crippen molar-refractivity contribution in [3.8, 4) is 17.2 Å². The molecule has 4 aromatic rings. The number of rotatable bonds is 5. The molecule has 0 aliphatic heterocycles. The molecule has 0 saturated heterocycles. The number of anilines is 1. The number of halogens is 1. The lowest BCUT2D eigenvalue weighted by molar-refractivity contribution is 0.102. The highest BCUT2D eigenvalue weighted by molar-refractivity contribution is 6.32. The number of benzene rings is 3. The smallest absolute Gasteiger partial charge is 0.255 e. The Morgan fingerprint density at radius 2 is 1.87 bits per heavy atom. The Hall–Kier alpha value is -3.31. The van der Waals surface area contributed by atoms with Crippen LogP contribution in [-0.2, 0) is 0 Å². The summed E-state index contributed by atoms with van der Waals surface area (Å²) in [6.07, 6.45) is 0. The van der Waals surface area contributed by atoms with E-state index < -0.39 is 0 Å². The zero-order valence-corrected chi connectivity index (χ0v) is 18.6. The van der Waals surface area contributed by atoms with Crippen molar-refractivity contribution in [1.82, 2.24) is 4.98 Å². The van der Waals surface area contributed by atoms with Gasteiger partial charge in [-0.3, -0.25) is 4.79 Å². The summed E-state index contributed by atoms with van der Waals surface area (Å²) in [5.41, 5.74) is 6.71. The van der Waals surface area contributed by atoms with Crippen molar-refractivity contribution < 1.29 is 13.9 Å². The highest BCUT2D eigenvalue weighted by atomic mass is 35.5. The van der Waals surface area contributed by atoms with Crippen LogP contribution in [0.25, 0.3) is 22.6 Å². The summed E-state index contributed by atoms with van der Waals surface area (Å²) in [7, 11) is 0. The highest BCUT2D eigenvalue weighted by Crippen LogP contribution is 2.32. The maximum absolute atomic E-state index is 12.8. The van der Waals surface area contributed by atoms with Crippen LogP contribution in [0.4, 0.5) is 5.69 Å². The third kappa shape index (κ3) is 4.14. The Labute approximate surface area is 186 Å². The normalized spacial score (nSPS) is 11.0. The maximum atomic E-state index is 12.8. The molecular weight excluding hydrogens is 412 g/mol. The summed E-state index contributed by atoms with van der Waals surface area (Å²) in [4.78, 5) is 17.5. The second-order valence-electron chi connectivity index (χ2n) is 7.43. The first-order valence-corrected chi connectivity index (χ1v) is 10.5. The summed E-state index contributed by atoms with van der Waals surface area (Å²) in [5, 5.41) is 3.36. The molecule has 1 amide bonds. The third-order valence-electron chi connectivity index (χ3n) is 5.31. The van der Waals surface area contributed by atoms with Crippen molar-refractivity contribution in [1.29, 1.82) is 0 Å². The van der Waals surface area contributed by atoms with E-state index in [1.165, 1.54) is 5.56 Å². The minimum atomic E-state index is -0.256. The van der Waals surface area contributed by atoms with E-state index in [2.05, 4.69) is 17.2 Å². The van der Waals surface area contributed by atoms with Crippen LogP contribution in [0.15, 0.2) is 52.9 Å². The van der Waals surface area contributed by atoms with Gasteiger partial charge in [0.1, 0.15) is 11.3 Å². The van der Waals surface area contributed by atoms with E-state index in [-0.39, 0.29) is 5.91 Å². The highest BCUT2D eigenvalue weighted by Gasteiger charge is 2.16. The first-order chi connectivity index (χ1) is 14.9. The standard InChI is InChI=1S/C25H23ClN2O3/c1-5-30-22-10-9-17(13-19(22)26)24(29)27-20-8-6-7-18(16(20)4)25-28-21-11-14(2)15(3)12-23(21)31-25/h6-13H,5H2,1-4H3,(H,27,29). The zero-order valence-electron chi connectivity index (χ0n) is 17.9. The Kier molecular flexibility index (Phi) is 5.70. The molecule has 0 unspecified atom stereocenters. The number of aromatic nitrogens is 1. The van der Waals surface area contributed by atoms with Crippen LogP contribution < -0.4 is 10.1 Å². The number of amides is 1. The number of fused-ring (bicyclic) bond motifs is 1. The molecule has 3 aromatic carbocycles. The average molecular weight is 435 g/mol. The van der Waals surface area contributed by atoms with Crippen LogP contribution in [0.2, 0.25) is 5.02 Å². The van der Waals surface area contributed by atoms with Gasteiger partial charge in [0, 0.05) is 16.8 Å². The molecule has 1 N–H and O–H groups in total. The van der Waals surface area contributed by atoms with Crippen molar-refractivity contribution in [3.63, 3.8) is 0 Å². The number of oxazole rings is 1. The van der Waals surface area contributed by atoms with E-state index in [0.717, 1.165) is 27.8 Å². The fraction of sp³-hybridized carbons (Fsp3) is 0.200. The molecule has 31 heavy (non-hydrogen) atoms. The fourth-order valence-electron chi connectivity index (χ4n) is 3.41. The van der Waals surface area contributed by atoms with E-state index in [4.69, 9.17) is 20.8 Å². The van der Waals surface area contributed by atoms with Gasteiger partial charge in [-0.2, -0.15) is 0 Å². The van der Waals surface area contributed by atoms with Crippen molar-refractivity contribution in [2.24, 2.45) is 0 Å². The lowest BCUT2D eigenvalue weighted by Gasteiger charge is -2.12. The van der Waals surface area contributed by atoms with Gasteiger partial charge in [-0.15, -0.1) is 0 Å². The first-order valence-electron chi connectivity index (χ1n) is 10.1. The predicted octanol–water partition coefficient (Wildman–Crippen LogP) is 6.72. The molecule has 0 radical (unpaired) electrons. The molecule has 0 aliphatic rings. The fourth-order valence-corrected chi connectivity index (χ4v) is 3.64. The second kappa shape index (κ2) is 8.44. The second-order valence-corrected chi connectivity index (χ2v) is 7.84. The van der Waals surface area contributed by atoms with E-state index in [1.807, 2.05) is 51.1 Å². The topological polar surface area (TPSA) is 64.4 Å². The number of nitrogens with one attached hydrogen (secondary N) is 1. The molecule has 0 aliphatic carbocycles. The Morgan fingerprint density at radius 3 is 2.61 bits per heavy atom. The molecule has 4 rings (SSSR count). The summed E-state index contributed by atoms with van der Waals surface area (Å²) in [6, 6.07) is 14.7. The van der Waals surface area contributed by atoms with Crippen molar-refractivity contribution >= 4 is 34.3 Å². The molecule has 6 heteroatoms. The summed E-state index contributed by atoms with van der Waals surface area (Å²) in [6.45, 7) is 8.42. The van der Waals surface area contributed by atoms with Crippen LogP contribution in [0.3, 0.4) is 0 Å². The van der Waals surface area contributed by atoms with E-state index in [9.17, 15) is 4.79 Å². The predicted molar refractivity (Wildman–Crippen MR) is 124 cm³/mol. The molecule has 0 bridgehead atoms. The Balaban J connectivity index is 1.63. The quantitative estimate of drug-likeness (QED) is 0.378.